The Hall–Kier alpha value is -2.77. The van der Waals surface area contributed by atoms with E-state index in [0.29, 0.717) is 16.8 Å². The summed E-state index contributed by atoms with van der Waals surface area (Å²) in [5.41, 5.74) is 2.21. The Balaban J connectivity index is 2.11. The number of benzene rings is 2. The van der Waals surface area contributed by atoms with E-state index in [1.807, 2.05) is 30.3 Å². The first-order chi connectivity index (χ1) is 11.9. The molecule has 2 aromatic carbocycles. The van der Waals surface area contributed by atoms with Crippen LogP contribution in [0.25, 0.3) is 16.9 Å². The molecule has 0 saturated heterocycles. The fourth-order valence-corrected chi connectivity index (χ4v) is 3.37. The smallest absolute Gasteiger partial charge is 0.242 e. The van der Waals surface area contributed by atoms with Gasteiger partial charge in [0, 0.05) is 25.9 Å². The molecule has 128 valence electrons. The first-order valence-corrected chi connectivity index (χ1v) is 9.01. The highest BCUT2D eigenvalue weighted by Gasteiger charge is 2.19. The molecule has 0 aliphatic carbocycles. The molecule has 3 rings (SSSR count). The average molecular weight is 355 g/mol. The van der Waals surface area contributed by atoms with Crippen molar-refractivity contribution in [3.05, 3.63) is 66.4 Å². The summed E-state index contributed by atoms with van der Waals surface area (Å²) in [5, 5.41) is 4.47. The zero-order valence-corrected chi connectivity index (χ0v) is 14.6. The average Bonchev–Trinajstić information content (AvgIpc) is 3.07. The van der Waals surface area contributed by atoms with Crippen LogP contribution in [0.5, 0.6) is 0 Å². The van der Waals surface area contributed by atoms with Crippen molar-refractivity contribution in [1.82, 2.24) is 14.1 Å². The van der Waals surface area contributed by atoms with Crippen LogP contribution in [0.4, 0.5) is 0 Å². The number of sulfonamides is 1. The lowest BCUT2D eigenvalue weighted by Gasteiger charge is -2.11. The van der Waals surface area contributed by atoms with Crippen molar-refractivity contribution in [3.8, 4) is 16.9 Å². The molecule has 6 nitrogen and oxygen atoms in total. The lowest BCUT2D eigenvalue weighted by Crippen LogP contribution is -2.22. The Morgan fingerprint density at radius 1 is 1.04 bits per heavy atom. The van der Waals surface area contributed by atoms with E-state index < -0.39 is 10.0 Å². The summed E-state index contributed by atoms with van der Waals surface area (Å²) in [6, 6.07) is 15.8. The third-order valence-electron chi connectivity index (χ3n) is 3.78. The molecule has 0 bridgehead atoms. The summed E-state index contributed by atoms with van der Waals surface area (Å²) < 4.78 is 27.4. The highest BCUT2D eigenvalue weighted by atomic mass is 32.2. The van der Waals surface area contributed by atoms with Crippen molar-refractivity contribution in [2.45, 2.75) is 4.90 Å². The predicted molar refractivity (Wildman–Crippen MR) is 95.3 cm³/mol. The largest absolute Gasteiger partial charge is 0.298 e. The van der Waals surface area contributed by atoms with E-state index in [1.54, 1.807) is 23.0 Å². The number of nitrogens with zero attached hydrogens (tertiary/aromatic N) is 3. The normalized spacial score (nSPS) is 11.6. The van der Waals surface area contributed by atoms with Gasteiger partial charge in [-0.1, -0.05) is 30.3 Å². The summed E-state index contributed by atoms with van der Waals surface area (Å²) in [5.74, 6) is 0. The Morgan fingerprint density at radius 3 is 2.40 bits per heavy atom. The zero-order valence-electron chi connectivity index (χ0n) is 13.8. The maximum Gasteiger partial charge on any atom is 0.242 e. The molecule has 0 radical (unpaired) electrons. The number of rotatable bonds is 5. The van der Waals surface area contributed by atoms with Crippen molar-refractivity contribution >= 4 is 16.3 Å². The number of aldehydes is 1. The summed E-state index contributed by atoms with van der Waals surface area (Å²) in [6.45, 7) is 0. The second kappa shape index (κ2) is 6.62. The molecule has 0 atom stereocenters. The summed E-state index contributed by atoms with van der Waals surface area (Å²) in [4.78, 5) is 11.6. The van der Waals surface area contributed by atoms with Crippen molar-refractivity contribution < 1.29 is 13.2 Å². The molecule has 0 spiro atoms. The molecule has 3 aromatic rings. The van der Waals surface area contributed by atoms with Gasteiger partial charge in [-0.15, -0.1) is 0 Å². The molecule has 0 amide bonds. The Bertz CT molecular complexity index is 1010. The highest BCUT2D eigenvalue weighted by molar-refractivity contribution is 7.89. The number of hydrogen-bond donors (Lipinski definition) is 0. The van der Waals surface area contributed by atoms with Gasteiger partial charge in [0.2, 0.25) is 10.0 Å². The minimum absolute atomic E-state index is 0.154. The fraction of sp³-hybridized carbons (Fsp3) is 0.111. The first kappa shape index (κ1) is 17.1. The SMILES string of the molecule is CN(C)S(=O)(=O)c1cccc(-c2nn(-c3ccccc3)cc2C=O)c1. The van der Waals surface area contributed by atoms with Gasteiger partial charge in [-0.3, -0.25) is 4.79 Å². The molecule has 1 aromatic heterocycles. The van der Waals surface area contributed by atoms with Crippen LogP contribution in [-0.2, 0) is 10.0 Å². The van der Waals surface area contributed by atoms with Gasteiger partial charge in [0.05, 0.1) is 16.1 Å². The molecule has 0 unspecified atom stereocenters. The van der Waals surface area contributed by atoms with Crippen LogP contribution in [0.15, 0.2) is 65.7 Å². The third-order valence-corrected chi connectivity index (χ3v) is 5.59. The molecule has 25 heavy (non-hydrogen) atoms. The Morgan fingerprint density at radius 2 is 1.76 bits per heavy atom. The van der Waals surface area contributed by atoms with Gasteiger partial charge in [0.25, 0.3) is 0 Å². The van der Waals surface area contributed by atoms with E-state index in [-0.39, 0.29) is 4.90 Å². The second-order valence-electron chi connectivity index (χ2n) is 5.65. The molecule has 0 saturated carbocycles. The van der Waals surface area contributed by atoms with Gasteiger partial charge in [0.1, 0.15) is 5.69 Å². The summed E-state index contributed by atoms with van der Waals surface area (Å²) >= 11 is 0. The van der Waals surface area contributed by atoms with Gasteiger partial charge < -0.3 is 0 Å². The van der Waals surface area contributed by atoms with Crippen molar-refractivity contribution in [2.24, 2.45) is 0 Å². The fourth-order valence-electron chi connectivity index (χ4n) is 2.43. The van der Waals surface area contributed by atoms with Crippen molar-refractivity contribution in [3.63, 3.8) is 0 Å². The van der Waals surface area contributed by atoms with E-state index >= 15 is 0 Å². The summed E-state index contributed by atoms with van der Waals surface area (Å²) in [6.07, 6.45) is 2.35. The molecule has 0 aliphatic heterocycles. The van der Waals surface area contributed by atoms with Crippen molar-refractivity contribution in [2.75, 3.05) is 14.1 Å². The van der Waals surface area contributed by atoms with Crippen LogP contribution in [0.3, 0.4) is 0 Å². The van der Waals surface area contributed by atoms with E-state index in [1.165, 1.54) is 26.2 Å². The summed E-state index contributed by atoms with van der Waals surface area (Å²) in [7, 11) is -0.612. The van der Waals surface area contributed by atoms with Crippen LogP contribution in [-0.4, -0.2) is 42.9 Å². The molecule has 7 heteroatoms. The van der Waals surface area contributed by atoms with Gasteiger partial charge in [-0.2, -0.15) is 5.10 Å². The van der Waals surface area contributed by atoms with Crippen LogP contribution in [0.2, 0.25) is 0 Å². The zero-order chi connectivity index (χ0) is 18.0. The van der Waals surface area contributed by atoms with Gasteiger partial charge in [-0.25, -0.2) is 17.4 Å². The topological polar surface area (TPSA) is 72.3 Å². The van der Waals surface area contributed by atoms with Crippen LogP contribution < -0.4 is 0 Å². The molecule has 0 N–H and O–H groups in total. The maximum absolute atomic E-state index is 12.3. The van der Waals surface area contributed by atoms with E-state index in [2.05, 4.69) is 5.10 Å². The van der Waals surface area contributed by atoms with Crippen LogP contribution in [0.1, 0.15) is 10.4 Å². The molecule has 1 heterocycles. The monoisotopic (exact) mass is 355 g/mol. The maximum atomic E-state index is 12.3. The number of carbonyl (C=O) groups is 1. The second-order valence-corrected chi connectivity index (χ2v) is 7.80. The molecular weight excluding hydrogens is 338 g/mol. The van der Waals surface area contributed by atoms with Gasteiger partial charge in [0.15, 0.2) is 6.29 Å². The molecular formula is C18H17N3O3S. The number of para-hydroxylation sites is 1. The molecule has 0 fully saturated rings. The van der Waals surface area contributed by atoms with Crippen LogP contribution in [0, 0.1) is 0 Å². The minimum Gasteiger partial charge on any atom is -0.298 e. The third kappa shape index (κ3) is 3.24. The Labute approximate surface area is 146 Å². The van der Waals surface area contributed by atoms with Crippen LogP contribution >= 0.6 is 0 Å². The Kier molecular flexibility index (Phi) is 4.52. The van der Waals surface area contributed by atoms with Gasteiger partial charge >= 0.3 is 0 Å². The minimum atomic E-state index is -3.56. The van der Waals surface area contributed by atoms with E-state index in [4.69, 9.17) is 0 Å². The van der Waals surface area contributed by atoms with E-state index in [9.17, 15) is 13.2 Å². The number of carbonyl (C=O) groups excluding carboxylic acids is 1. The number of aromatic nitrogens is 2. The highest BCUT2D eigenvalue weighted by Crippen LogP contribution is 2.25. The van der Waals surface area contributed by atoms with Crippen molar-refractivity contribution in [1.29, 1.82) is 0 Å². The lowest BCUT2D eigenvalue weighted by atomic mass is 10.1. The molecule has 0 aliphatic rings. The first-order valence-electron chi connectivity index (χ1n) is 7.56. The van der Waals surface area contributed by atoms with E-state index in [0.717, 1.165) is 16.3 Å². The predicted octanol–water partition coefficient (Wildman–Crippen LogP) is 2.60. The standard InChI is InChI=1S/C18H17N3O3S/c1-20(2)25(23,24)17-10-6-7-14(11-17)18-15(13-22)12-21(19-18)16-8-4-3-5-9-16/h3-13H,1-2H3. The number of hydrogen-bond acceptors (Lipinski definition) is 4. The quantitative estimate of drug-likeness (QED) is 0.660. The lowest BCUT2D eigenvalue weighted by molar-refractivity contribution is 0.112. The van der Waals surface area contributed by atoms with Gasteiger partial charge in [-0.05, 0) is 24.3 Å².